The molecule has 1 aliphatic carbocycles. The second-order valence-electron chi connectivity index (χ2n) is 4.30. The molecule has 3 atom stereocenters. The summed E-state index contributed by atoms with van der Waals surface area (Å²) in [5.41, 5.74) is 0. The Morgan fingerprint density at radius 1 is 1.29 bits per heavy atom. The molecule has 6 heteroatoms. The summed E-state index contributed by atoms with van der Waals surface area (Å²) in [5, 5.41) is 17.8. The number of hydrogen-bond acceptors (Lipinski definition) is 4. The molecular formula is C11H13NO5. The Labute approximate surface area is 97.5 Å². The molecule has 0 aromatic carbocycles. The monoisotopic (exact) mass is 239 g/mol. The van der Waals surface area contributed by atoms with Crippen molar-refractivity contribution < 1.29 is 24.6 Å². The highest BCUT2D eigenvalue weighted by molar-refractivity contribution is 6.05. The van der Waals surface area contributed by atoms with Crippen LogP contribution >= 0.6 is 0 Å². The maximum absolute atomic E-state index is 11.9. The Morgan fingerprint density at radius 3 is 2.18 bits per heavy atom. The first-order chi connectivity index (χ1) is 8.02. The van der Waals surface area contributed by atoms with Crippen LogP contribution < -0.4 is 0 Å². The van der Waals surface area contributed by atoms with Gasteiger partial charge in [0.2, 0.25) is 11.8 Å². The zero-order chi connectivity index (χ0) is 12.6. The number of aliphatic carboxylic acids is 1. The molecule has 1 unspecified atom stereocenters. The molecule has 1 heterocycles. The molecule has 0 aromatic rings. The van der Waals surface area contributed by atoms with Gasteiger partial charge >= 0.3 is 5.97 Å². The van der Waals surface area contributed by atoms with Gasteiger partial charge in [0.1, 0.15) is 0 Å². The number of likely N-dealkylation sites (tertiary alicyclic amines) is 1. The molecule has 17 heavy (non-hydrogen) atoms. The molecule has 0 aromatic heterocycles. The Balaban J connectivity index is 2.13. The predicted molar refractivity (Wildman–Crippen MR) is 55.7 cm³/mol. The van der Waals surface area contributed by atoms with Crippen LogP contribution in [0.25, 0.3) is 0 Å². The van der Waals surface area contributed by atoms with E-state index in [9.17, 15) is 19.5 Å². The molecule has 0 spiro atoms. The van der Waals surface area contributed by atoms with Crippen LogP contribution in [0.15, 0.2) is 12.2 Å². The van der Waals surface area contributed by atoms with Crippen LogP contribution in [-0.2, 0) is 14.4 Å². The summed E-state index contributed by atoms with van der Waals surface area (Å²) in [5.74, 6) is -2.94. The minimum atomic E-state index is -1.71. The first kappa shape index (κ1) is 11.8. The van der Waals surface area contributed by atoms with E-state index in [4.69, 9.17) is 5.11 Å². The molecule has 1 saturated heterocycles. The molecule has 92 valence electrons. The number of hydrogen-bond donors (Lipinski definition) is 2. The lowest BCUT2D eigenvalue weighted by atomic mass is 9.85. The van der Waals surface area contributed by atoms with Crippen LogP contribution in [0.1, 0.15) is 12.8 Å². The summed E-state index contributed by atoms with van der Waals surface area (Å²) in [7, 11) is 0. The van der Waals surface area contributed by atoms with Gasteiger partial charge in [-0.25, -0.2) is 4.79 Å². The van der Waals surface area contributed by atoms with Crippen molar-refractivity contribution in [1.29, 1.82) is 0 Å². The van der Waals surface area contributed by atoms with Crippen LogP contribution in [0, 0.1) is 11.8 Å². The number of carbonyl (C=O) groups excluding carboxylic acids is 2. The third kappa shape index (κ3) is 1.95. The van der Waals surface area contributed by atoms with Gasteiger partial charge in [0.15, 0.2) is 6.10 Å². The van der Waals surface area contributed by atoms with E-state index in [-0.39, 0.29) is 23.7 Å². The van der Waals surface area contributed by atoms with Crippen LogP contribution in [0.2, 0.25) is 0 Å². The summed E-state index contributed by atoms with van der Waals surface area (Å²) < 4.78 is 0. The van der Waals surface area contributed by atoms with E-state index in [0.29, 0.717) is 12.8 Å². The zero-order valence-electron chi connectivity index (χ0n) is 9.07. The summed E-state index contributed by atoms with van der Waals surface area (Å²) in [6.45, 7) is -0.458. The Hall–Kier alpha value is -1.69. The van der Waals surface area contributed by atoms with E-state index in [0.717, 1.165) is 4.90 Å². The average Bonchev–Trinajstić information content (AvgIpc) is 2.55. The summed E-state index contributed by atoms with van der Waals surface area (Å²) >= 11 is 0. The van der Waals surface area contributed by atoms with Crippen molar-refractivity contribution in [3.8, 4) is 0 Å². The number of fused-ring (bicyclic) bond motifs is 1. The Morgan fingerprint density at radius 2 is 1.76 bits per heavy atom. The number of aliphatic hydroxyl groups is 1. The molecule has 1 fully saturated rings. The maximum atomic E-state index is 11.9. The fourth-order valence-corrected chi connectivity index (χ4v) is 2.30. The highest BCUT2D eigenvalue weighted by Gasteiger charge is 2.47. The Kier molecular flexibility index (Phi) is 2.97. The van der Waals surface area contributed by atoms with E-state index in [1.54, 1.807) is 0 Å². The highest BCUT2D eigenvalue weighted by Crippen LogP contribution is 2.34. The first-order valence-electron chi connectivity index (χ1n) is 5.43. The smallest absolute Gasteiger partial charge is 0.334 e. The van der Waals surface area contributed by atoms with Crippen molar-refractivity contribution in [2.24, 2.45) is 11.8 Å². The van der Waals surface area contributed by atoms with E-state index in [1.807, 2.05) is 12.2 Å². The van der Waals surface area contributed by atoms with Gasteiger partial charge < -0.3 is 10.2 Å². The van der Waals surface area contributed by atoms with Crippen molar-refractivity contribution in [3.63, 3.8) is 0 Å². The summed E-state index contributed by atoms with van der Waals surface area (Å²) in [6, 6.07) is 0. The zero-order valence-corrected chi connectivity index (χ0v) is 9.07. The maximum Gasteiger partial charge on any atom is 0.334 e. The van der Waals surface area contributed by atoms with Crippen molar-refractivity contribution in [1.82, 2.24) is 4.90 Å². The van der Waals surface area contributed by atoms with Crippen molar-refractivity contribution in [3.05, 3.63) is 12.2 Å². The van der Waals surface area contributed by atoms with Gasteiger partial charge in [0.05, 0.1) is 18.4 Å². The van der Waals surface area contributed by atoms with Crippen LogP contribution in [-0.4, -0.2) is 45.5 Å². The van der Waals surface area contributed by atoms with Gasteiger partial charge in [-0.3, -0.25) is 14.5 Å². The van der Waals surface area contributed by atoms with Gasteiger partial charge in [0, 0.05) is 0 Å². The van der Waals surface area contributed by atoms with Crippen LogP contribution in [0.5, 0.6) is 0 Å². The largest absolute Gasteiger partial charge is 0.479 e. The van der Waals surface area contributed by atoms with Crippen LogP contribution in [0.4, 0.5) is 0 Å². The standard InChI is InChI=1S/C11H13NO5/c13-8(11(16)17)5-12-9(14)6-3-1-2-4-7(6)10(12)15/h1-2,6-8,13H,3-5H2,(H,16,17)/t6-,7+,8?. The lowest BCUT2D eigenvalue weighted by Gasteiger charge is -2.16. The predicted octanol–water partition coefficient (Wildman–Crippen LogP) is -0.617. The fraction of sp³-hybridized carbons (Fsp3) is 0.545. The third-order valence-corrected chi connectivity index (χ3v) is 3.24. The molecule has 6 nitrogen and oxygen atoms in total. The molecular weight excluding hydrogens is 226 g/mol. The number of allylic oxidation sites excluding steroid dienone is 2. The average molecular weight is 239 g/mol. The number of amides is 2. The number of imide groups is 1. The van der Waals surface area contributed by atoms with Gasteiger partial charge in [-0.05, 0) is 12.8 Å². The lowest BCUT2D eigenvalue weighted by Crippen LogP contribution is -2.40. The quantitative estimate of drug-likeness (QED) is 0.505. The summed E-state index contributed by atoms with van der Waals surface area (Å²) in [6.07, 6.45) is 3.01. The van der Waals surface area contributed by atoms with Crippen molar-refractivity contribution >= 4 is 17.8 Å². The van der Waals surface area contributed by atoms with Gasteiger partial charge in [-0.1, -0.05) is 12.2 Å². The number of nitrogens with zero attached hydrogens (tertiary/aromatic N) is 1. The number of carboxylic acids is 1. The number of carbonyl (C=O) groups is 3. The number of rotatable bonds is 3. The topological polar surface area (TPSA) is 94.9 Å². The normalized spacial score (nSPS) is 29.4. The second-order valence-corrected chi connectivity index (χ2v) is 4.30. The molecule has 2 aliphatic rings. The SMILES string of the molecule is O=C(O)C(O)CN1C(=O)[C@H]2CC=CC[C@H]2C1=O. The first-order valence-corrected chi connectivity index (χ1v) is 5.43. The fourth-order valence-electron chi connectivity index (χ4n) is 2.30. The molecule has 2 rings (SSSR count). The molecule has 2 amide bonds. The van der Waals surface area contributed by atoms with E-state index < -0.39 is 18.6 Å². The number of β-amino-alcohol motifs (C(OH)–C–C–N with tert-alkyl or cyclic N) is 1. The molecule has 1 aliphatic heterocycles. The van der Waals surface area contributed by atoms with Gasteiger partial charge in [-0.2, -0.15) is 0 Å². The number of carboxylic acid groups (broad SMARTS) is 1. The third-order valence-electron chi connectivity index (χ3n) is 3.24. The minimum absolute atomic E-state index is 0.371. The lowest BCUT2D eigenvalue weighted by molar-refractivity contribution is -0.150. The van der Waals surface area contributed by atoms with E-state index >= 15 is 0 Å². The molecule has 0 bridgehead atoms. The number of aliphatic hydroxyl groups excluding tert-OH is 1. The minimum Gasteiger partial charge on any atom is -0.479 e. The van der Waals surface area contributed by atoms with E-state index in [1.165, 1.54) is 0 Å². The van der Waals surface area contributed by atoms with Crippen LogP contribution in [0.3, 0.4) is 0 Å². The van der Waals surface area contributed by atoms with E-state index in [2.05, 4.69) is 0 Å². The highest BCUT2D eigenvalue weighted by atomic mass is 16.4. The van der Waals surface area contributed by atoms with Gasteiger partial charge in [0.25, 0.3) is 0 Å². The molecule has 0 saturated carbocycles. The molecule has 2 N–H and O–H groups in total. The van der Waals surface area contributed by atoms with Crippen molar-refractivity contribution in [2.75, 3.05) is 6.54 Å². The van der Waals surface area contributed by atoms with Gasteiger partial charge in [-0.15, -0.1) is 0 Å². The summed E-state index contributed by atoms with van der Waals surface area (Å²) in [4.78, 5) is 35.1. The van der Waals surface area contributed by atoms with Crippen molar-refractivity contribution in [2.45, 2.75) is 18.9 Å². The molecule has 0 radical (unpaired) electrons. The Bertz CT molecular complexity index is 377. The second kappa shape index (κ2) is 4.29.